The van der Waals surface area contributed by atoms with E-state index in [0.29, 0.717) is 24.9 Å². The number of nitrogens with zero attached hydrogens (tertiary/aromatic N) is 1. The van der Waals surface area contributed by atoms with Crippen molar-refractivity contribution in [3.63, 3.8) is 0 Å². The lowest BCUT2D eigenvalue weighted by molar-refractivity contribution is -0.137. The number of hydrogen-bond acceptors (Lipinski definition) is 3. The molecule has 1 unspecified atom stereocenters. The predicted molar refractivity (Wildman–Crippen MR) is 82.3 cm³/mol. The van der Waals surface area contributed by atoms with Gasteiger partial charge in [0.2, 0.25) is 0 Å². The van der Waals surface area contributed by atoms with Gasteiger partial charge in [0.25, 0.3) is 0 Å². The van der Waals surface area contributed by atoms with E-state index in [9.17, 15) is 18.3 Å². The molecular weight excluding hydrogens is 305 g/mol. The van der Waals surface area contributed by atoms with Crippen molar-refractivity contribution in [2.45, 2.75) is 37.0 Å². The summed E-state index contributed by atoms with van der Waals surface area (Å²) in [5.41, 5.74) is -0.904. The van der Waals surface area contributed by atoms with Crippen molar-refractivity contribution in [1.82, 2.24) is 10.2 Å². The normalized spacial score (nSPS) is 23.3. The summed E-state index contributed by atoms with van der Waals surface area (Å²) in [6.45, 7) is 4.11. The highest BCUT2D eigenvalue weighted by Gasteiger charge is 2.44. The highest BCUT2D eigenvalue weighted by molar-refractivity contribution is 5.31. The van der Waals surface area contributed by atoms with Crippen LogP contribution in [-0.4, -0.2) is 48.3 Å². The highest BCUT2D eigenvalue weighted by Crippen LogP contribution is 2.44. The zero-order valence-corrected chi connectivity index (χ0v) is 13.1. The Morgan fingerprint density at radius 2 is 1.91 bits per heavy atom. The van der Waals surface area contributed by atoms with Crippen LogP contribution in [-0.2, 0) is 6.18 Å². The van der Waals surface area contributed by atoms with Gasteiger partial charge in [0.1, 0.15) is 0 Å². The summed E-state index contributed by atoms with van der Waals surface area (Å²) < 4.78 is 39.0. The van der Waals surface area contributed by atoms with Crippen molar-refractivity contribution in [1.29, 1.82) is 0 Å². The van der Waals surface area contributed by atoms with Gasteiger partial charge >= 0.3 is 6.18 Å². The fourth-order valence-electron chi connectivity index (χ4n) is 3.56. The van der Waals surface area contributed by atoms with E-state index in [1.165, 1.54) is 12.1 Å². The van der Waals surface area contributed by atoms with Crippen LogP contribution in [0, 0.1) is 0 Å². The van der Waals surface area contributed by atoms with Crippen molar-refractivity contribution in [3.05, 3.63) is 35.4 Å². The molecule has 0 aromatic heterocycles. The molecule has 23 heavy (non-hydrogen) atoms. The van der Waals surface area contributed by atoms with Crippen LogP contribution in [0.5, 0.6) is 0 Å². The van der Waals surface area contributed by atoms with Crippen LogP contribution < -0.4 is 5.32 Å². The second-order valence-electron chi connectivity index (χ2n) is 6.68. The van der Waals surface area contributed by atoms with Gasteiger partial charge in [-0.2, -0.15) is 13.2 Å². The minimum Gasteiger partial charge on any atom is -0.389 e. The van der Waals surface area contributed by atoms with E-state index in [1.54, 1.807) is 6.07 Å². The van der Waals surface area contributed by atoms with Crippen molar-refractivity contribution in [2.75, 3.05) is 32.7 Å². The van der Waals surface area contributed by atoms with Crippen LogP contribution in [0.3, 0.4) is 0 Å². The summed E-state index contributed by atoms with van der Waals surface area (Å²) in [5, 5.41) is 14.1. The Kier molecular flexibility index (Phi) is 4.67. The molecule has 2 N–H and O–H groups in total. The third-order valence-electron chi connectivity index (χ3n) is 5.13. The smallest absolute Gasteiger partial charge is 0.389 e. The topological polar surface area (TPSA) is 35.5 Å². The maximum absolute atomic E-state index is 13.0. The van der Waals surface area contributed by atoms with Crippen LogP contribution >= 0.6 is 0 Å². The van der Waals surface area contributed by atoms with Gasteiger partial charge in [-0.3, -0.25) is 0 Å². The molecule has 1 aliphatic heterocycles. The molecule has 1 aromatic rings. The molecule has 6 heteroatoms. The van der Waals surface area contributed by atoms with Gasteiger partial charge in [0.15, 0.2) is 0 Å². The van der Waals surface area contributed by atoms with Gasteiger partial charge in [0, 0.05) is 38.6 Å². The lowest BCUT2D eigenvalue weighted by Crippen LogP contribution is -2.51. The molecule has 2 aliphatic rings. The summed E-state index contributed by atoms with van der Waals surface area (Å²) in [6, 6.07) is 5.47. The Labute approximate surface area is 134 Å². The van der Waals surface area contributed by atoms with Gasteiger partial charge in [-0.25, -0.2) is 0 Å². The number of rotatable bonds is 4. The molecule has 1 heterocycles. The first-order chi connectivity index (χ1) is 10.9. The van der Waals surface area contributed by atoms with E-state index in [-0.39, 0.29) is 5.92 Å². The van der Waals surface area contributed by atoms with Crippen molar-refractivity contribution in [2.24, 2.45) is 0 Å². The fourth-order valence-corrected chi connectivity index (χ4v) is 3.56. The van der Waals surface area contributed by atoms with Crippen molar-refractivity contribution < 1.29 is 18.3 Å². The van der Waals surface area contributed by atoms with Crippen LogP contribution in [0.25, 0.3) is 0 Å². The molecule has 3 nitrogen and oxygen atoms in total. The largest absolute Gasteiger partial charge is 0.416 e. The Hall–Kier alpha value is -1.11. The molecule has 2 fully saturated rings. The van der Waals surface area contributed by atoms with Crippen molar-refractivity contribution in [3.8, 4) is 0 Å². The molecule has 0 amide bonds. The molecule has 1 aromatic carbocycles. The number of nitrogens with one attached hydrogen (secondary N) is 1. The maximum Gasteiger partial charge on any atom is 0.416 e. The molecule has 3 rings (SSSR count). The lowest BCUT2D eigenvalue weighted by Gasteiger charge is -2.46. The molecule has 1 aliphatic carbocycles. The average molecular weight is 328 g/mol. The average Bonchev–Trinajstić information content (AvgIpc) is 2.51. The molecular formula is C17H23F3N2O. The summed E-state index contributed by atoms with van der Waals surface area (Å²) in [6.07, 6.45) is -2.08. The summed E-state index contributed by atoms with van der Waals surface area (Å²) in [4.78, 5) is 2.23. The summed E-state index contributed by atoms with van der Waals surface area (Å²) >= 11 is 0. The van der Waals surface area contributed by atoms with Gasteiger partial charge in [-0.15, -0.1) is 0 Å². The maximum atomic E-state index is 13.0. The highest BCUT2D eigenvalue weighted by atomic mass is 19.4. The third kappa shape index (κ3) is 3.70. The second kappa shape index (κ2) is 6.42. The summed E-state index contributed by atoms with van der Waals surface area (Å²) in [7, 11) is 0. The Morgan fingerprint density at radius 3 is 2.48 bits per heavy atom. The Morgan fingerprint density at radius 1 is 1.22 bits per heavy atom. The quantitative estimate of drug-likeness (QED) is 0.892. The van der Waals surface area contributed by atoms with Crippen LogP contribution in [0.4, 0.5) is 13.2 Å². The first-order valence-electron chi connectivity index (χ1n) is 8.21. The van der Waals surface area contributed by atoms with E-state index in [4.69, 9.17) is 0 Å². The lowest BCUT2D eigenvalue weighted by atomic mass is 9.68. The molecule has 0 bridgehead atoms. The first-order valence-corrected chi connectivity index (χ1v) is 8.21. The minimum absolute atomic E-state index is 0.267. The molecule has 0 spiro atoms. The molecule has 1 saturated carbocycles. The number of aliphatic hydroxyl groups is 1. The molecule has 128 valence electrons. The van der Waals surface area contributed by atoms with Crippen LogP contribution in [0.15, 0.2) is 24.3 Å². The van der Waals surface area contributed by atoms with E-state index in [0.717, 1.165) is 38.7 Å². The molecule has 1 atom stereocenters. The molecule has 0 radical (unpaired) electrons. The number of halogens is 3. The van der Waals surface area contributed by atoms with Crippen LogP contribution in [0.1, 0.15) is 36.3 Å². The van der Waals surface area contributed by atoms with E-state index in [2.05, 4.69) is 10.2 Å². The van der Waals surface area contributed by atoms with E-state index >= 15 is 0 Å². The van der Waals surface area contributed by atoms with Gasteiger partial charge in [0.05, 0.1) is 11.2 Å². The number of alkyl halides is 3. The number of piperazine rings is 1. The predicted octanol–water partition coefficient (Wildman–Crippen LogP) is 2.61. The zero-order chi connectivity index (χ0) is 16.5. The first kappa shape index (κ1) is 16.7. The number of benzene rings is 1. The second-order valence-corrected chi connectivity index (χ2v) is 6.68. The fraction of sp³-hybridized carbons (Fsp3) is 0.647. The summed E-state index contributed by atoms with van der Waals surface area (Å²) in [5.74, 6) is -0.267. The van der Waals surface area contributed by atoms with E-state index < -0.39 is 17.3 Å². The minimum atomic E-state index is -4.35. The third-order valence-corrected chi connectivity index (χ3v) is 5.13. The van der Waals surface area contributed by atoms with E-state index in [1.807, 2.05) is 0 Å². The zero-order valence-electron chi connectivity index (χ0n) is 13.1. The van der Waals surface area contributed by atoms with Gasteiger partial charge < -0.3 is 15.3 Å². The monoisotopic (exact) mass is 328 g/mol. The SMILES string of the molecule is OC1(C(CN2CCNCC2)c2cccc(C(F)(F)F)c2)CCC1. The molecule has 1 saturated heterocycles. The Bertz CT molecular complexity index is 537. The van der Waals surface area contributed by atoms with Gasteiger partial charge in [-0.05, 0) is 30.9 Å². The standard InChI is InChI=1S/C17H23F3N2O/c18-17(19,20)14-4-1-3-13(11-14)15(16(23)5-2-6-16)12-22-9-7-21-8-10-22/h1,3-4,11,15,21,23H,2,5-10,12H2. The van der Waals surface area contributed by atoms with Gasteiger partial charge in [-0.1, -0.05) is 18.2 Å². The van der Waals surface area contributed by atoms with Crippen molar-refractivity contribution >= 4 is 0 Å². The number of hydrogen-bond donors (Lipinski definition) is 2. The Balaban J connectivity index is 1.85. The van der Waals surface area contributed by atoms with Crippen LogP contribution in [0.2, 0.25) is 0 Å².